The Morgan fingerprint density at radius 1 is 1.53 bits per heavy atom. The van der Waals surface area contributed by atoms with Gasteiger partial charge in [0.15, 0.2) is 0 Å². The van der Waals surface area contributed by atoms with Crippen molar-refractivity contribution in [3.63, 3.8) is 0 Å². The second-order valence-corrected chi connectivity index (χ2v) is 3.69. The summed E-state index contributed by atoms with van der Waals surface area (Å²) in [6.07, 6.45) is 3.02. The average molecular weight is 215 g/mol. The Bertz CT molecular complexity index is 238. The third kappa shape index (κ3) is 3.87. The molecule has 0 aromatic heterocycles. The molecule has 5 heteroatoms. The number of carboxylic acids is 1. The molecular weight excluding hydrogens is 198 g/mol. The highest BCUT2D eigenvalue weighted by Gasteiger charge is 2.27. The summed E-state index contributed by atoms with van der Waals surface area (Å²) in [5, 5.41) is 11.8. The molecule has 0 bridgehead atoms. The van der Waals surface area contributed by atoms with E-state index in [2.05, 4.69) is 5.32 Å². The van der Waals surface area contributed by atoms with Gasteiger partial charge in [-0.2, -0.15) is 0 Å². The van der Waals surface area contributed by atoms with Gasteiger partial charge in [0, 0.05) is 6.04 Å². The number of carboxylic acid groups (broad SMARTS) is 1. The number of esters is 1. The van der Waals surface area contributed by atoms with Crippen molar-refractivity contribution in [1.82, 2.24) is 5.32 Å². The Balaban J connectivity index is 2.35. The Labute approximate surface area is 88.8 Å². The minimum absolute atomic E-state index is 0.0975. The molecule has 15 heavy (non-hydrogen) atoms. The molecule has 0 unspecified atom stereocenters. The summed E-state index contributed by atoms with van der Waals surface area (Å²) in [6.45, 7) is 1.99. The number of hydrogen-bond donors (Lipinski definition) is 2. The number of aliphatic carboxylic acids is 1. The zero-order chi connectivity index (χ0) is 11.3. The normalized spacial score (nSPS) is 17.9. The van der Waals surface area contributed by atoms with Crippen LogP contribution in [-0.2, 0) is 14.3 Å². The van der Waals surface area contributed by atoms with Crippen molar-refractivity contribution in [3.8, 4) is 0 Å². The zero-order valence-corrected chi connectivity index (χ0v) is 8.86. The highest BCUT2D eigenvalue weighted by molar-refractivity contribution is 5.81. The highest BCUT2D eigenvalue weighted by Crippen LogP contribution is 2.19. The molecule has 1 saturated carbocycles. The minimum atomic E-state index is -0.991. The van der Waals surface area contributed by atoms with Crippen LogP contribution in [-0.4, -0.2) is 35.7 Å². The lowest BCUT2D eigenvalue weighted by Crippen LogP contribution is -2.47. The molecule has 0 aromatic rings. The first-order valence-corrected chi connectivity index (χ1v) is 5.28. The van der Waals surface area contributed by atoms with E-state index in [1.807, 2.05) is 0 Å². The van der Waals surface area contributed by atoms with E-state index in [-0.39, 0.29) is 19.1 Å². The molecule has 0 aromatic carbocycles. The molecule has 0 radical (unpaired) electrons. The molecule has 0 saturated heterocycles. The molecule has 1 fully saturated rings. The van der Waals surface area contributed by atoms with Gasteiger partial charge in [0.2, 0.25) is 0 Å². The molecule has 0 spiro atoms. The van der Waals surface area contributed by atoms with Crippen LogP contribution in [0.4, 0.5) is 0 Å². The van der Waals surface area contributed by atoms with Gasteiger partial charge in [-0.3, -0.25) is 9.59 Å². The molecule has 1 atom stereocenters. The van der Waals surface area contributed by atoms with Gasteiger partial charge in [0.05, 0.1) is 13.0 Å². The largest absolute Gasteiger partial charge is 0.480 e. The molecule has 0 amide bonds. The molecule has 1 aliphatic carbocycles. The summed E-state index contributed by atoms with van der Waals surface area (Å²) in [6, 6.07) is -0.560. The van der Waals surface area contributed by atoms with Crippen LogP contribution in [0.15, 0.2) is 0 Å². The number of rotatable bonds is 6. The summed E-state index contributed by atoms with van der Waals surface area (Å²) in [5.74, 6) is -1.45. The van der Waals surface area contributed by atoms with Gasteiger partial charge in [0.25, 0.3) is 0 Å². The summed E-state index contributed by atoms with van der Waals surface area (Å²) in [4.78, 5) is 22.0. The highest BCUT2D eigenvalue weighted by atomic mass is 16.5. The van der Waals surface area contributed by atoms with Gasteiger partial charge in [0.1, 0.15) is 6.04 Å². The van der Waals surface area contributed by atoms with Crippen molar-refractivity contribution in [2.75, 3.05) is 6.61 Å². The van der Waals surface area contributed by atoms with Crippen LogP contribution in [0.1, 0.15) is 32.6 Å². The summed E-state index contributed by atoms with van der Waals surface area (Å²) >= 11 is 0. The fraction of sp³-hybridized carbons (Fsp3) is 0.800. The first-order valence-electron chi connectivity index (χ1n) is 5.28. The van der Waals surface area contributed by atoms with Crippen LogP contribution in [0.5, 0.6) is 0 Å². The summed E-state index contributed by atoms with van der Waals surface area (Å²) in [5.41, 5.74) is 0. The van der Waals surface area contributed by atoms with Crippen molar-refractivity contribution >= 4 is 11.9 Å². The minimum Gasteiger partial charge on any atom is -0.480 e. The molecular formula is C10H17NO4. The van der Waals surface area contributed by atoms with Gasteiger partial charge in [-0.15, -0.1) is 0 Å². The fourth-order valence-electron chi connectivity index (χ4n) is 1.46. The van der Waals surface area contributed by atoms with Crippen molar-refractivity contribution in [1.29, 1.82) is 0 Å². The van der Waals surface area contributed by atoms with Gasteiger partial charge in [-0.05, 0) is 19.8 Å². The maximum atomic E-state index is 11.1. The lowest BCUT2D eigenvalue weighted by Gasteiger charge is -2.29. The predicted octanol–water partition coefficient (Wildman–Crippen LogP) is 0.535. The smallest absolute Gasteiger partial charge is 0.321 e. The van der Waals surface area contributed by atoms with E-state index in [1.54, 1.807) is 6.92 Å². The Kier molecular flexibility index (Phi) is 4.55. The first kappa shape index (κ1) is 12.0. The quantitative estimate of drug-likeness (QED) is 0.632. The van der Waals surface area contributed by atoms with Gasteiger partial charge < -0.3 is 15.2 Å². The molecule has 0 aliphatic heterocycles. The lowest BCUT2D eigenvalue weighted by molar-refractivity contribution is -0.149. The van der Waals surface area contributed by atoms with Gasteiger partial charge in [-0.25, -0.2) is 0 Å². The van der Waals surface area contributed by atoms with Crippen molar-refractivity contribution < 1.29 is 19.4 Å². The van der Waals surface area contributed by atoms with Crippen LogP contribution in [0.2, 0.25) is 0 Å². The molecule has 1 rings (SSSR count). The predicted molar refractivity (Wildman–Crippen MR) is 53.4 cm³/mol. The van der Waals surface area contributed by atoms with Crippen molar-refractivity contribution in [3.05, 3.63) is 0 Å². The van der Waals surface area contributed by atoms with E-state index in [1.165, 1.54) is 0 Å². The van der Waals surface area contributed by atoms with Crippen LogP contribution in [0.3, 0.4) is 0 Å². The molecule has 5 nitrogen and oxygen atoms in total. The van der Waals surface area contributed by atoms with Crippen molar-refractivity contribution in [2.45, 2.75) is 44.7 Å². The van der Waals surface area contributed by atoms with Gasteiger partial charge in [-0.1, -0.05) is 6.42 Å². The van der Waals surface area contributed by atoms with E-state index in [4.69, 9.17) is 9.84 Å². The Morgan fingerprint density at radius 3 is 2.60 bits per heavy atom. The second kappa shape index (κ2) is 5.70. The van der Waals surface area contributed by atoms with Crippen molar-refractivity contribution in [2.24, 2.45) is 0 Å². The summed E-state index contributed by atoms with van der Waals surface area (Å²) in [7, 11) is 0. The topological polar surface area (TPSA) is 75.6 Å². The second-order valence-electron chi connectivity index (χ2n) is 3.69. The maximum Gasteiger partial charge on any atom is 0.321 e. The molecule has 0 heterocycles. The SMILES string of the molecule is CCOC(=O)C[C@@H](NC1CCC1)C(=O)O. The zero-order valence-electron chi connectivity index (χ0n) is 8.86. The van der Waals surface area contributed by atoms with Crippen LogP contribution >= 0.6 is 0 Å². The van der Waals surface area contributed by atoms with E-state index < -0.39 is 18.0 Å². The van der Waals surface area contributed by atoms with Crippen LogP contribution < -0.4 is 5.32 Å². The Hall–Kier alpha value is -1.10. The first-order chi connectivity index (χ1) is 7.13. The number of nitrogens with one attached hydrogen (secondary N) is 1. The number of ether oxygens (including phenoxy) is 1. The maximum absolute atomic E-state index is 11.1. The third-order valence-corrected chi connectivity index (χ3v) is 2.52. The number of carbonyl (C=O) groups excluding carboxylic acids is 1. The lowest BCUT2D eigenvalue weighted by atomic mass is 9.92. The number of hydrogen-bond acceptors (Lipinski definition) is 4. The fourth-order valence-corrected chi connectivity index (χ4v) is 1.46. The standard InChI is InChI=1S/C10H17NO4/c1-2-15-9(12)6-8(10(13)14)11-7-4-3-5-7/h7-8,11H,2-6H2,1H3,(H,13,14)/t8-/m1/s1. The van der Waals surface area contributed by atoms with Crippen LogP contribution in [0, 0.1) is 0 Å². The monoisotopic (exact) mass is 215 g/mol. The summed E-state index contributed by atoms with van der Waals surface area (Å²) < 4.78 is 4.71. The molecule has 86 valence electrons. The average Bonchev–Trinajstić information content (AvgIpc) is 2.09. The molecule has 2 N–H and O–H groups in total. The van der Waals surface area contributed by atoms with Crippen LogP contribution in [0.25, 0.3) is 0 Å². The number of carbonyl (C=O) groups is 2. The van der Waals surface area contributed by atoms with Gasteiger partial charge >= 0.3 is 11.9 Å². The van der Waals surface area contributed by atoms with E-state index in [0.29, 0.717) is 0 Å². The van der Waals surface area contributed by atoms with E-state index >= 15 is 0 Å². The Morgan fingerprint density at radius 2 is 2.20 bits per heavy atom. The molecule has 1 aliphatic rings. The third-order valence-electron chi connectivity index (χ3n) is 2.52. The van der Waals surface area contributed by atoms with E-state index in [9.17, 15) is 9.59 Å². The van der Waals surface area contributed by atoms with E-state index in [0.717, 1.165) is 19.3 Å².